The molecule has 0 fully saturated rings. The lowest BCUT2D eigenvalue weighted by Gasteiger charge is -2.19. The maximum Gasteiger partial charge on any atom is 0.220 e. The molecule has 0 aliphatic rings. The smallest absolute Gasteiger partial charge is 0.220 e. The molecule has 0 aromatic rings. The molecule has 0 aliphatic heterocycles. The van der Waals surface area contributed by atoms with Gasteiger partial charge in [-0.2, -0.15) is 0 Å². The van der Waals surface area contributed by atoms with Crippen molar-refractivity contribution in [2.24, 2.45) is 0 Å². The molecule has 70 heavy (non-hydrogen) atoms. The number of aliphatic hydroxyl groups excluding tert-OH is 2. The molecule has 2 atom stereocenters. The van der Waals surface area contributed by atoms with Gasteiger partial charge in [0.2, 0.25) is 5.91 Å². The second-order valence-corrected chi connectivity index (χ2v) is 18.6. The fourth-order valence-corrected chi connectivity index (χ4v) is 7.67. The lowest BCUT2D eigenvalue weighted by Crippen LogP contribution is -2.45. The Morgan fingerprint density at radius 1 is 0.357 bits per heavy atom. The van der Waals surface area contributed by atoms with Crippen LogP contribution in [0.4, 0.5) is 0 Å². The Labute approximate surface area is 433 Å². The molecule has 1 amide bonds. The third-order valence-corrected chi connectivity index (χ3v) is 12.0. The van der Waals surface area contributed by atoms with Gasteiger partial charge in [0.1, 0.15) is 0 Å². The van der Waals surface area contributed by atoms with Gasteiger partial charge in [0.25, 0.3) is 0 Å². The lowest BCUT2D eigenvalue weighted by molar-refractivity contribution is -0.123. The number of hydrogen-bond donors (Lipinski definition) is 3. The first-order chi connectivity index (χ1) is 34.7. The van der Waals surface area contributed by atoms with E-state index in [-0.39, 0.29) is 12.5 Å². The van der Waals surface area contributed by atoms with Crippen molar-refractivity contribution in [3.8, 4) is 0 Å². The number of rotatable bonds is 50. The van der Waals surface area contributed by atoms with Gasteiger partial charge in [0, 0.05) is 6.42 Å². The summed E-state index contributed by atoms with van der Waals surface area (Å²) in [6.45, 7) is 4.17. The number of nitrogens with one attached hydrogen (secondary N) is 1. The molecule has 0 bridgehead atoms. The molecule has 3 N–H and O–H groups in total. The molecule has 4 nitrogen and oxygen atoms in total. The number of hydrogen-bond acceptors (Lipinski definition) is 3. The molecule has 394 valence electrons. The van der Waals surface area contributed by atoms with E-state index >= 15 is 0 Å². The van der Waals surface area contributed by atoms with Gasteiger partial charge in [0.05, 0.1) is 18.8 Å². The minimum absolute atomic E-state index is 0.112. The van der Waals surface area contributed by atoms with Crippen LogP contribution in [0.2, 0.25) is 0 Å². The average molecular weight is 963 g/mol. The maximum atomic E-state index is 12.5. The minimum Gasteiger partial charge on any atom is -0.394 e. The first-order valence-corrected chi connectivity index (χ1v) is 28.7. The Bertz CT molecular complexity index is 1510. The minimum atomic E-state index is -0.889. The molecular formula is C66H107NO3. The highest BCUT2D eigenvalue weighted by Gasteiger charge is 2.17. The molecule has 4 heteroatoms. The monoisotopic (exact) mass is 962 g/mol. The van der Waals surface area contributed by atoms with Crippen molar-refractivity contribution < 1.29 is 15.0 Å². The second-order valence-electron chi connectivity index (χ2n) is 18.6. The quantitative estimate of drug-likeness (QED) is 0.0420. The standard InChI is InChI=1S/C66H107NO3/c1-3-5-7-9-11-13-15-17-19-21-23-25-26-27-28-29-30-31-32-33-34-35-36-37-38-39-40-42-44-46-48-50-52-54-56-58-60-62-66(70)67-64(63-68)65(69)61-59-57-55-53-51-49-47-45-43-41-24-22-20-18-16-14-12-10-8-6-4-2/h5,7,11,13,17,19,23,25,27-28,30-31,33-34,36-37,39-40,44,46,50-53,59,61,64-65,68-69H,3-4,6,8-10,12,14-16,18,20-22,24,26,29,32,35,38,41-43,45,47-49,54-58,60,62-63H2,1-2H3,(H,67,70)/b7-5-,13-11-,19-17-,25-23-,28-27-,31-30-,34-33-,37-36-,40-39-,46-44-,52-50-,53-51+,61-59+. The molecular weight excluding hydrogens is 855 g/mol. The van der Waals surface area contributed by atoms with Crippen molar-refractivity contribution >= 4 is 5.91 Å². The summed E-state index contributed by atoms with van der Waals surface area (Å²) >= 11 is 0. The van der Waals surface area contributed by atoms with E-state index in [1.807, 2.05) is 6.08 Å². The van der Waals surface area contributed by atoms with Gasteiger partial charge >= 0.3 is 0 Å². The van der Waals surface area contributed by atoms with Crippen molar-refractivity contribution in [2.75, 3.05) is 6.61 Å². The van der Waals surface area contributed by atoms with Gasteiger partial charge in [-0.05, 0) is 116 Å². The fraction of sp³-hybridized carbons (Fsp3) is 0.591. The summed E-state index contributed by atoms with van der Waals surface area (Å²) in [6.07, 6.45) is 95.4. The first-order valence-electron chi connectivity index (χ1n) is 28.7. The van der Waals surface area contributed by atoms with Gasteiger partial charge in [0.15, 0.2) is 0 Å². The summed E-state index contributed by atoms with van der Waals surface area (Å²) < 4.78 is 0. The number of unbranched alkanes of at least 4 members (excludes halogenated alkanes) is 19. The number of amides is 1. The predicted molar refractivity (Wildman–Crippen MR) is 312 cm³/mol. The number of allylic oxidation sites excluding steroid dienone is 25. The Morgan fingerprint density at radius 2 is 0.643 bits per heavy atom. The molecule has 0 aromatic carbocycles. The van der Waals surface area contributed by atoms with Crippen molar-refractivity contribution in [1.29, 1.82) is 0 Å². The van der Waals surface area contributed by atoms with Crippen LogP contribution in [0.1, 0.15) is 232 Å². The van der Waals surface area contributed by atoms with Crippen LogP contribution in [-0.2, 0) is 4.79 Å². The normalized spacial score (nSPS) is 14.1. The Morgan fingerprint density at radius 3 is 1.00 bits per heavy atom. The highest BCUT2D eigenvalue weighted by molar-refractivity contribution is 5.76. The first kappa shape index (κ1) is 66.0. The summed E-state index contributed by atoms with van der Waals surface area (Å²) in [5, 5.41) is 23.1. The van der Waals surface area contributed by atoms with Crippen LogP contribution >= 0.6 is 0 Å². The number of carbonyl (C=O) groups is 1. The van der Waals surface area contributed by atoms with E-state index < -0.39 is 12.1 Å². The zero-order valence-corrected chi connectivity index (χ0v) is 45.2. The molecule has 0 saturated carbocycles. The van der Waals surface area contributed by atoms with E-state index in [0.29, 0.717) is 6.42 Å². The third kappa shape index (κ3) is 54.9. The van der Waals surface area contributed by atoms with Crippen molar-refractivity contribution in [2.45, 2.75) is 244 Å². The summed E-state index contributed by atoms with van der Waals surface area (Å²) in [4.78, 5) is 12.5. The second kappa shape index (κ2) is 59.3. The molecule has 0 rings (SSSR count). The molecule has 0 aliphatic carbocycles. The molecule has 0 saturated heterocycles. The Kier molecular flexibility index (Phi) is 55.9. The van der Waals surface area contributed by atoms with Crippen LogP contribution < -0.4 is 5.32 Å². The summed E-state index contributed by atoms with van der Waals surface area (Å²) in [5.41, 5.74) is 0. The van der Waals surface area contributed by atoms with Crippen LogP contribution in [0.25, 0.3) is 0 Å². The van der Waals surface area contributed by atoms with E-state index in [4.69, 9.17) is 0 Å². The highest BCUT2D eigenvalue weighted by atomic mass is 16.3. The Balaban J connectivity index is 3.74. The van der Waals surface area contributed by atoms with E-state index in [2.05, 4.69) is 165 Å². The van der Waals surface area contributed by atoms with E-state index in [1.165, 1.54) is 96.3 Å². The topological polar surface area (TPSA) is 69.6 Å². The van der Waals surface area contributed by atoms with Crippen LogP contribution in [0, 0.1) is 0 Å². The average Bonchev–Trinajstić information content (AvgIpc) is 3.36. The number of carbonyl (C=O) groups excluding carboxylic acids is 1. The molecule has 0 spiro atoms. The lowest BCUT2D eigenvalue weighted by atomic mass is 10.0. The zero-order chi connectivity index (χ0) is 50.6. The highest BCUT2D eigenvalue weighted by Crippen LogP contribution is 2.14. The fourth-order valence-electron chi connectivity index (χ4n) is 7.67. The van der Waals surface area contributed by atoms with Gasteiger partial charge in [-0.1, -0.05) is 268 Å². The molecule has 0 heterocycles. The van der Waals surface area contributed by atoms with Crippen molar-refractivity contribution in [3.05, 3.63) is 158 Å². The summed E-state index contributed by atoms with van der Waals surface area (Å²) in [5.74, 6) is -0.112. The van der Waals surface area contributed by atoms with Gasteiger partial charge in [-0.25, -0.2) is 0 Å². The van der Waals surface area contributed by atoms with Crippen LogP contribution in [-0.4, -0.2) is 34.9 Å². The Hall–Kier alpha value is -3.99. The van der Waals surface area contributed by atoms with Crippen LogP contribution in [0.5, 0.6) is 0 Å². The summed E-state index contributed by atoms with van der Waals surface area (Å²) in [7, 11) is 0. The molecule has 2 unspecified atom stereocenters. The van der Waals surface area contributed by atoms with Crippen molar-refractivity contribution in [1.82, 2.24) is 5.32 Å². The SMILES string of the molecule is CC/C=C\C/C=C\C/C=C\C/C=C\C/C=C\C/C=C\C/C=C\C/C=C\C/C=C\C/C=C\C/C=C\CCCCCC(=O)NC(CO)C(O)/C=C/CC/C=C/CCCCCCCCCCCCCCCCC. The number of aliphatic hydroxyl groups is 2. The van der Waals surface area contributed by atoms with Crippen LogP contribution in [0.3, 0.4) is 0 Å². The van der Waals surface area contributed by atoms with Gasteiger partial charge < -0.3 is 15.5 Å². The summed E-state index contributed by atoms with van der Waals surface area (Å²) in [6, 6.07) is -0.670. The predicted octanol–water partition coefficient (Wildman–Crippen LogP) is 19.4. The molecule has 0 aromatic heterocycles. The van der Waals surface area contributed by atoms with E-state index in [9.17, 15) is 15.0 Å². The van der Waals surface area contributed by atoms with Gasteiger partial charge in [-0.3, -0.25) is 4.79 Å². The van der Waals surface area contributed by atoms with E-state index in [0.717, 1.165) is 116 Å². The zero-order valence-electron chi connectivity index (χ0n) is 45.2. The van der Waals surface area contributed by atoms with Crippen molar-refractivity contribution in [3.63, 3.8) is 0 Å². The van der Waals surface area contributed by atoms with E-state index in [1.54, 1.807) is 6.08 Å². The largest absolute Gasteiger partial charge is 0.394 e. The van der Waals surface area contributed by atoms with Crippen LogP contribution in [0.15, 0.2) is 158 Å². The third-order valence-electron chi connectivity index (χ3n) is 12.0. The molecule has 0 radical (unpaired) electrons. The maximum absolute atomic E-state index is 12.5. The van der Waals surface area contributed by atoms with Gasteiger partial charge in [-0.15, -0.1) is 0 Å².